The largest absolute Gasteiger partial charge is 0.341 e. The van der Waals surface area contributed by atoms with Crippen LogP contribution in [0, 0.1) is 0 Å². The molecule has 2 unspecified atom stereocenters. The van der Waals surface area contributed by atoms with Gasteiger partial charge in [0.1, 0.15) is 0 Å². The summed E-state index contributed by atoms with van der Waals surface area (Å²) in [4.78, 5) is 19.5. The fourth-order valence-corrected chi connectivity index (χ4v) is 2.99. The average Bonchev–Trinajstić information content (AvgIpc) is 2.92. The number of piperidine rings is 1. The number of likely N-dealkylation sites (tertiary alicyclic amines) is 1. The highest BCUT2D eigenvalue weighted by molar-refractivity contribution is 7.09. The van der Waals surface area contributed by atoms with Gasteiger partial charge in [0.2, 0.25) is 5.91 Å². The second kappa shape index (κ2) is 6.29. The molecular formula is C13H21N3OS. The molecule has 0 saturated carbocycles. The van der Waals surface area contributed by atoms with E-state index in [0.29, 0.717) is 0 Å². The number of amides is 1. The Kier molecular flexibility index (Phi) is 4.72. The van der Waals surface area contributed by atoms with E-state index < -0.39 is 0 Å². The molecule has 5 heteroatoms. The number of thiazole rings is 1. The van der Waals surface area contributed by atoms with Gasteiger partial charge in [0.05, 0.1) is 11.6 Å². The van der Waals surface area contributed by atoms with E-state index in [9.17, 15) is 4.79 Å². The lowest BCUT2D eigenvalue weighted by atomic mass is 10.1. The van der Waals surface area contributed by atoms with Crippen LogP contribution < -0.4 is 5.32 Å². The first-order valence-corrected chi connectivity index (χ1v) is 7.49. The topological polar surface area (TPSA) is 45.2 Å². The first-order valence-electron chi connectivity index (χ1n) is 6.61. The third-order valence-corrected chi connectivity index (χ3v) is 4.37. The normalized spacial score (nSPS) is 19.6. The molecule has 0 aromatic carbocycles. The summed E-state index contributed by atoms with van der Waals surface area (Å²) in [5, 5.41) is 3.36. The van der Waals surface area contributed by atoms with Gasteiger partial charge in [0.15, 0.2) is 0 Å². The zero-order valence-corrected chi connectivity index (χ0v) is 11.9. The SMILES string of the molecule is CC(NC(C)c1cncs1)C(=O)N1CCCCC1. The lowest BCUT2D eigenvalue weighted by Gasteiger charge is -2.30. The fourth-order valence-electron chi connectivity index (χ4n) is 2.36. The summed E-state index contributed by atoms with van der Waals surface area (Å²) < 4.78 is 0. The molecule has 0 radical (unpaired) electrons. The first kappa shape index (κ1) is 13.5. The molecule has 1 saturated heterocycles. The molecule has 1 amide bonds. The van der Waals surface area contributed by atoms with Crippen LogP contribution in [0.4, 0.5) is 0 Å². The summed E-state index contributed by atoms with van der Waals surface area (Å²) in [5.41, 5.74) is 1.82. The molecule has 2 heterocycles. The molecular weight excluding hydrogens is 246 g/mol. The van der Waals surface area contributed by atoms with Crippen molar-refractivity contribution in [1.82, 2.24) is 15.2 Å². The molecule has 18 heavy (non-hydrogen) atoms. The number of nitrogens with one attached hydrogen (secondary N) is 1. The predicted octanol–water partition coefficient (Wildman–Crippen LogP) is 2.19. The standard InChI is InChI=1S/C13H21N3OS/c1-10(12-8-14-9-18-12)15-11(2)13(17)16-6-4-3-5-7-16/h8-11,15H,3-7H2,1-2H3. The maximum absolute atomic E-state index is 12.3. The fraction of sp³-hybridized carbons (Fsp3) is 0.692. The van der Waals surface area contributed by atoms with Gasteiger partial charge in [-0.3, -0.25) is 15.1 Å². The van der Waals surface area contributed by atoms with E-state index in [0.717, 1.165) is 25.9 Å². The third-order valence-electron chi connectivity index (χ3n) is 3.42. The average molecular weight is 267 g/mol. The molecule has 0 bridgehead atoms. The number of carbonyl (C=O) groups is 1. The molecule has 1 aromatic heterocycles. The van der Waals surface area contributed by atoms with Crippen molar-refractivity contribution in [1.29, 1.82) is 0 Å². The van der Waals surface area contributed by atoms with E-state index in [4.69, 9.17) is 0 Å². The van der Waals surface area contributed by atoms with Crippen molar-refractivity contribution in [3.8, 4) is 0 Å². The zero-order valence-electron chi connectivity index (χ0n) is 11.1. The summed E-state index contributed by atoms with van der Waals surface area (Å²) >= 11 is 1.62. The van der Waals surface area contributed by atoms with Gasteiger partial charge in [-0.05, 0) is 33.1 Å². The van der Waals surface area contributed by atoms with E-state index in [2.05, 4.69) is 17.2 Å². The molecule has 1 aliphatic heterocycles. The van der Waals surface area contributed by atoms with E-state index in [1.165, 1.54) is 11.3 Å². The quantitative estimate of drug-likeness (QED) is 0.909. The Bertz CT molecular complexity index is 374. The van der Waals surface area contributed by atoms with Crippen LogP contribution in [-0.4, -0.2) is 34.9 Å². The van der Waals surface area contributed by atoms with E-state index in [1.54, 1.807) is 11.3 Å². The Labute approximate surface area is 112 Å². The van der Waals surface area contributed by atoms with Gasteiger partial charge in [-0.25, -0.2) is 0 Å². The van der Waals surface area contributed by atoms with Crippen LogP contribution in [0.15, 0.2) is 11.7 Å². The summed E-state index contributed by atoms with van der Waals surface area (Å²) in [6.45, 7) is 5.86. The number of hydrogen-bond donors (Lipinski definition) is 1. The molecule has 0 aliphatic carbocycles. The maximum Gasteiger partial charge on any atom is 0.239 e. The maximum atomic E-state index is 12.3. The van der Waals surface area contributed by atoms with Crippen molar-refractivity contribution in [2.24, 2.45) is 0 Å². The highest BCUT2D eigenvalue weighted by Gasteiger charge is 2.23. The number of nitrogens with zero attached hydrogens (tertiary/aromatic N) is 2. The Morgan fingerprint density at radius 2 is 2.11 bits per heavy atom. The number of rotatable bonds is 4. The third kappa shape index (κ3) is 3.29. The highest BCUT2D eigenvalue weighted by Crippen LogP contribution is 2.17. The van der Waals surface area contributed by atoms with Crippen molar-refractivity contribution in [2.45, 2.75) is 45.2 Å². The molecule has 1 aromatic rings. The summed E-state index contributed by atoms with van der Waals surface area (Å²) in [6.07, 6.45) is 5.40. The van der Waals surface area contributed by atoms with E-state index >= 15 is 0 Å². The Hall–Kier alpha value is -0.940. The van der Waals surface area contributed by atoms with Crippen molar-refractivity contribution >= 4 is 17.2 Å². The van der Waals surface area contributed by atoms with Crippen LogP contribution in [0.2, 0.25) is 0 Å². The van der Waals surface area contributed by atoms with Crippen LogP contribution in [0.25, 0.3) is 0 Å². The van der Waals surface area contributed by atoms with Crippen LogP contribution >= 0.6 is 11.3 Å². The second-order valence-corrected chi connectivity index (χ2v) is 5.82. The zero-order chi connectivity index (χ0) is 13.0. The van der Waals surface area contributed by atoms with Gasteiger partial charge >= 0.3 is 0 Å². The van der Waals surface area contributed by atoms with Crippen molar-refractivity contribution in [3.63, 3.8) is 0 Å². The number of hydrogen-bond acceptors (Lipinski definition) is 4. The second-order valence-electron chi connectivity index (χ2n) is 4.90. The Morgan fingerprint density at radius 3 is 2.72 bits per heavy atom. The van der Waals surface area contributed by atoms with Gasteiger partial charge in [0, 0.05) is 30.2 Å². The van der Waals surface area contributed by atoms with Gasteiger partial charge < -0.3 is 4.90 Å². The van der Waals surface area contributed by atoms with Crippen LogP contribution in [0.5, 0.6) is 0 Å². The molecule has 100 valence electrons. The molecule has 2 atom stereocenters. The molecule has 1 fully saturated rings. The van der Waals surface area contributed by atoms with Crippen LogP contribution in [-0.2, 0) is 4.79 Å². The monoisotopic (exact) mass is 267 g/mol. The summed E-state index contributed by atoms with van der Waals surface area (Å²) in [5.74, 6) is 0.228. The molecule has 2 rings (SSSR count). The highest BCUT2D eigenvalue weighted by atomic mass is 32.1. The number of carbonyl (C=O) groups excluding carboxylic acids is 1. The van der Waals surface area contributed by atoms with Crippen LogP contribution in [0.1, 0.15) is 44.0 Å². The lowest BCUT2D eigenvalue weighted by molar-refractivity contribution is -0.134. The first-order chi connectivity index (χ1) is 8.68. The van der Waals surface area contributed by atoms with Crippen molar-refractivity contribution in [2.75, 3.05) is 13.1 Å². The van der Waals surface area contributed by atoms with Crippen molar-refractivity contribution < 1.29 is 4.79 Å². The smallest absolute Gasteiger partial charge is 0.239 e. The molecule has 1 aliphatic rings. The molecule has 1 N–H and O–H groups in total. The van der Waals surface area contributed by atoms with Crippen molar-refractivity contribution in [3.05, 3.63) is 16.6 Å². The molecule has 4 nitrogen and oxygen atoms in total. The minimum atomic E-state index is -0.125. The molecule has 0 spiro atoms. The Balaban J connectivity index is 1.86. The number of aromatic nitrogens is 1. The van der Waals surface area contributed by atoms with Gasteiger partial charge in [-0.15, -0.1) is 11.3 Å². The minimum Gasteiger partial charge on any atom is -0.341 e. The summed E-state index contributed by atoms with van der Waals surface area (Å²) in [6, 6.07) is 0.0569. The van der Waals surface area contributed by atoms with E-state index in [-0.39, 0.29) is 18.0 Å². The van der Waals surface area contributed by atoms with Crippen LogP contribution in [0.3, 0.4) is 0 Å². The lowest BCUT2D eigenvalue weighted by Crippen LogP contribution is -2.47. The summed E-state index contributed by atoms with van der Waals surface area (Å²) in [7, 11) is 0. The van der Waals surface area contributed by atoms with E-state index in [1.807, 2.05) is 23.5 Å². The Morgan fingerprint density at radius 1 is 1.39 bits per heavy atom. The predicted molar refractivity (Wildman–Crippen MR) is 73.6 cm³/mol. The van der Waals surface area contributed by atoms with Gasteiger partial charge in [0.25, 0.3) is 0 Å². The minimum absolute atomic E-state index is 0.125. The van der Waals surface area contributed by atoms with Gasteiger partial charge in [-0.2, -0.15) is 0 Å². The van der Waals surface area contributed by atoms with Gasteiger partial charge in [-0.1, -0.05) is 0 Å².